The van der Waals surface area contributed by atoms with E-state index in [1.807, 2.05) is 12.1 Å². The van der Waals surface area contributed by atoms with E-state index in [0.717, 1.165) is 49.8 Å². The van der Waals surface area contributed by atoms with Crippen LogP contribution in [0.25, 0.3) is 0 Å². The molecule has 0 saturated carbocycles. The molecule has 1 unspecified atom stereocenters. The highest BCUT2D eigenvalue weighted by Gasteiger charge is 2.39. The first-order valence-electron chi connectivity index (χ1n) is 12.5. The van der Waals surface area contributed by atoms with Gasteiger partial charge in [-0.05, 0) is 68.4 Å². The molecule has 3 saturated heterocycles. The predicted octanol–water partition coefficient (Wildman–Crippen LogP) is 0.955. The predicted molar refractivity (Wildman–Crippen MR) is 124 cm³/mol. The summed E-state index contributed by atoms with van der Waals surface area (Å²) in [5.41, 5.74) is 2.82. The Morgan fingerprint density at radius 1 is 0.939 bits per heavy atom. The van der Waals surface area contributed by atoms with E-state index in [0.29, 0.717) is 18.5 Å². The number of imide groups is 1. The van der Waals surface area contributed by atoms with Crippen molar-refractivity contribution in [2.75, 3.05) is 45.8 Å². The molecule has 2 N–H and O–H groups in total. The fourth-order valence-corrected chi connectivity index (χ4v) is 5.66. The first-order valence-corrected chi connectivity index (χ1v) is 12.5. The van der Waals surface area contributed by atoms with Gasteiger partial charge < -0.3 is 15.1 Å². The van der Waals surface area contributed by atoms with E-state index < -0.39 is 6.04 Å². The lowest BCUT2D eigenvalue weighted by Crippen LogP contribution is -2.52. The third-order valence-electron chi connectivity index (χ3n) is 7.78. The first-order chi connectivity index (χ1) is 16.1. The van der Waals surface area contributed by atoms with Crippen LogP contribution in [0.4, 0.5) is 0 Å². The number of nitrogens with one attached hydrogen (secondary N) is 2. The smallest absolute Gasteiger partial charge is 0.255 e. The molecular formula is C25H35N5O3. The van der Waals surface area contributed by atoms with Crippen LogP contribution in [0.15, 0.2) is 18.2 Å². The van der Waals surface area contributed by atoms with Gasteiger partial charge >= 0.3 is 0 Å². The third kappa shape index (κ3) is 5.13. The molecule has 4 aliphatic rings. The van der Waals surface area contributed by atoms with Crippen LogP contribution in [0.1, 0.15) is 53.6 Å². The van der Waals surface area contributed by atoms with Gasteiger partial charge in [0.15, 0.2) is 0 Å². The SMILES string of the molecule is O=C1CCC(N2Cc3ccc(CN4CCN(CCC5CCNCC5)CC4)cc3C2=O)C(=O)N1. The van der Waals surface area contributed by atoms with Gasteiger partial charge in [0.1, 0.15) is 6.04 Å². The summed E-state index contributed by atoms with van der Waals surface area (Å²) in [5, 5.41) is 5.81. The van der Waals surface area contributed by atoms with Crippen LogP contribution in [0.3, 0.4) is 0 Å². The number of rotatable bonds is 6. The first kappa shape index (κ1) is 22.5. The summed E-state index contributed by atoms with van der Waals surface area (Å²) in [7, 11) is 0. The third-order valence-corrected chi connectivity index (χ3v) is 7.78. The van der Waals surface area contributed by atoms with Crippen LogP contribution in [-0.2, 0) is 22.7 Å². The molecule has 0 bridgehead atoms. The van der Waals surface area contributed by atoms with Crippen LogP contribution in [-0.4, -0.2) is 84.3 Å². The highest BCUT2D eigenvalue weighted by atomic mass is 16.2. The fourth-order valence-electron chi connectivity index (χ4n) is 5.66. The molecule has 8 nitrogen and oxygen atoms in total. The van der Waals surface area contributed by atoms with E-state index in [1.165, 1.54) is 38.9 Å². The maximum Gasteiger partial charge on any atom is 0.255 e. The molecule has 33 heavy (non-hydrogen) atoms. The standard InChI is InChI=1S/C25H35N5O3/c31-23-4-3-22(24(32)27-23)30-17-20-2-1-19(15-21(20)25(30)33)16-29-13-11-28(12-14-29)10-7-18-5-8-26-9-6-18/h1-2,15,18,22,26H,3-14,16-17H2,(H,27,31,32). The molecule has 5 rings (SSSR count). The quantitative estimate of drug-likeness (QED) is 0.624. The summed E-state index contributed by atoms with van der Waals surface area (Å²) >= 11 is 0. The Hall–Kier alpha value is -2.29. The molecule has 0 spiro atoms. The Kier molecular flexibility index (Phi) is 6.76. The fraction of sp³-hybridized carbons (Fsp3) is 0.640. The van der Waals surface area contributed by atoms with Gasteiger partial charge in [-0.3, -0.25) is 24.6 Å². The van der Waals surface area contributed by atoms with Gasteiger partial charge in [0.2, 0.25) is 11.8 Å². The lowest BCUT2D eigenvalue weighted by molar-refractivity contribution is -0.136. The van der Waals surface area contributed by atoms with Crippen molar-refractivity contribution in [3.05, 3.63) is 34.9 Å². The van der Waals surface area contributed by atoms with E-state index in [4.69, 9.17) is 0 Å². The maximum absolute atomic E-state index is 13.0. The van der Waals surface area contributed by atoms with Crippen molar-refractivity contribution in [2.45, 2.75) is 51.2 Å². The molecule has 1 aromatic rings. The minimum Gasteiger partial charge on any atom is -0.322 e. The van der Waals surface area contributed by atoms with Crippen LogP contribution in [0, 0.1) is 5.92 Å². The summed E-state index contributed by atoms with van der Waals surface area (Å²) in [4.78, 5) is 43.4. The Labute approximate surface area is 195 Å². The molecule has 4 heterocycles. The highest BCUT2D eigenvalue weighted by Crippen LogP contribution is 2.28. The highest BCUT2D eigenvalue weighted by molar-refractivity contribution is 6.05. The lowest BCUT2D eigenvalue weighted by Gasteiger charge is -2.35. The van der Waals surface area contributed by atoms with E-state index in [-0.39, 0.29) is 24.1 Å². The van der Waals surface area contributed by atoms with E-state index in [9.17, 15) is 14.4 Å². The number of hydrogen-bond acceptors (Lipinski definition) is 6. The number of fused-ring (bicyclic) bond motifs is 1. The number of benzene rings is 1. The van der Waals surface area contributed by atoms with Crippen molar-refractivity contribution in [3.8, 4) is 0 Å². The summed E-state index contributed by atoms with van der Waals surface area (Å²) < 4.78 is 0. The topological polar surface area (TPSA) is 85.0 Å². The van der Waals surface area contributed by atoms with Crippen molar-refractivity contribution in [1.29, 1.82) is 0 Å². The van der Waals surface area contributed by atoms with Gasteiger partial charge in [-0.2, -0.15) is 0 Å². The van der Waals surface area contributed by atoms with Gasteiger partial charge in [-0.25, -0.2) is 0 Å². The Bertz CT molecular complexity index is 905. The number of nitrogens with zero attached hydrogens (tertiary/aromatic N) is 3. The minimum atomic E-state index is -0.552. The van der Waals surface area contributed by atoms with Crippen LogP contribution < -0.4 is 10.6 Å². The van der Waals surface area contributed by atoms with Crippen LogP contribution >= 0.6 is 0 Å². The molecule has 3 amide bonds. The number of amides is 3. The second kappa shape index (κ2) is 9.91. The minimum absolute atomic E-state index is 0.0934. The maximum atomic E-state index is 13.0. The number of carbonyl (C=O) groups is 3. The van der Waals surface area contributed by atoms with Crippen molar-refractivity contribution in [1.82, 2.24) is 25.3 Å². The Morgan fingerprint density at radius 2 is 1.70 bits per heavy atom. The zero-order valence-electron chi connectivity index (χ0n) is 19.4. The van der Waals surface area contributed by atoms with Gasteiger partial charge in [-0.15, -0.1) is 0 Å². The summed E-state index contributed by atoms with van der Waals surface area (Å²) in [6, 6.07) is 5.60. The normalized spacial score (nSPS) is 25.4. The molecule has 0 aliphatic carbocycles. The van der Waals surface area contributed by atoms with Gasteiger partial charge in [0, 0.05) is 51.3 Å². The van der Waals surface area contributed by atoms with Crippen molar-refractivity contribution < 1.29 is 14.4 Å². The van der Waals surface area contributed by atoms with E-state index in [1.54, 1.807) is 4.90 Å². The molecule has 8 heteroatoms. The summed E-state index contributed by atoms with van der Waals surface area (Å²) in [5.74, 6) is 0.178. The molecule has 1 atom stereocenters. The monoisotopic (exact) mass is 453 g/mol. The average Bonchev–Trinajstić information content (AvgIpc) is 3.15. The zero-order chi connectivity index (χ0) is 22.8. The van der Waals surface area contributed by atoms with Crippen molar-refractivity contribution in [2.24, 2.45) is 5.92 Å². The molecule has 178 valence electrons. The molecule has 1 aromatic carbocycles. The summed E-state index contributed by atoms with van der Waals surface area (Å²) in [6.07, 6.45) is 4.64. The largest absolute Gasteiger partial charge is 0.322 e. The molecule has 0 radical (unpaired) electrons. The average molecular weight is 454 g/mol. The second-order valence-corrected chi connectivity index (χ2v) is 9.99. The lowest BCUT2D eigenvalue weighted by atomic mass is 9.94. The van der Waals surface area contributed by atoms with Crippen molar-refractivity contribution in [3.63, 3.8) is 0 Å². The molecule has 0 aromatic heterocycles. The number of carbonyl (C=O) groups excluding carboxylic acids is 3. The van der Waals surface area contributed by atoms with Crippen molar-refractivity contribution >= 4 is 17.7 Å². The van der Waals surface area contributed by atoms with Gasteiger partial charge in [-0.1, -0.05) is 12.1 Å². The molecule has 3 fully saturated rings. The number of hydrogen-bond donors (Lipinski definition) is 2. The molecular weight excluding hydrogens is 418 g/mol. The van der Waals surface area contributed by atoms with Crippen LogP contribution in [0.2, 0.25) is 0 Å². The number of piperazine rings is 1. The second-order valence-electron chi connectivity index (χ2n) is 9.99. The van der Waals surface area contributed by atoms with Crippen LogP contribution in [0.5, 0.6) is 0 Å². The molecule has 4 aliphatic heterocycles. The van der Waals surface area contributed by atoms with Gasteiger partial charge in [0.05, 0.1) is 0 Å². The van der Waals surface area contributed by atoms with Gasteiger partial charge in [0.25, 0.3) is 5.91 Å². The summed E-state index contributed by atoms with van der Waals surface area (Å²) in [6.45, 7) is 9.18. The zero-order valence-corrected chi connectivity index (χ0v) is 19.4. The van der Waals surface area contributed by atoms with E-state index in [2.05, 4.69) is 26.5 Å². The number of piperidine rings is 2. The van der Waals surface area contributed by atoms with E-state index >= 15 is 0 Å². The Morgan fingerprint density at radius 3 is 2.45 bits per heavy atom. The Balaban J connectivity index is 1.12.